The fourth-order valence-corrected chi connectivity index (χ4v) is 0.756. The van der Waals surface area contributed by atoms with Crippen LogP contribution >= 0.6 is 0 Å². The number of esters is 1. The summed E-state index contributed by atoms with van der Waals surface area (Å²) in [6.07, 6.45) is -0.497. The smallest absolute Gasteiger partial charge is 0.407 e. The number of carbonyl (C=O) groups is 2. The summed E-state index contributed by atoms with van der Waals surface area (Å²) in [6, 6.07) is 0. The number of hydrogen-bond acceptors (Lipinski definition) is 4. The van der Waals surface area contributed by atoms with E-state index >= 15 is 0 Å². The predicted octanol–water partition coefficient (Wildman–Crippen LogP) is 1.07. The Morgan fingerprint density at radius 1 is 1.36 bits per heavy atom. The van der Waals surface area contributed by atoms with Crippen LogP contribution in [0.5, 0.6) is 0 Å². The lowest BCUT2D eigenvalue weighted by atomic mass is 10.4. The van der Waals surface area contributed by atoms with Crippen LogP contribution in [0.15, 0.2) is 0 Å². The molecule has 0 rings (SSSR count). The molecule has 0 atom stereocenters. The van der Waals surface area contributed by atoms with Gasteiger partial charge in [-0.05, 0) is 20.8 Å². The highest BCUT2D eigenvalue weighted by Crippen LogP contribution is 1.89. The van der Waals surface area contributed by atoms with Gasteiger partial charge in [-0.2, -0.15) is 0 Å². The molecule has 1 N–H and O–H groups in total. The molecule has 0 aromatic rings. The van der Waals surface area contributed by atoms with Crippen molar-refractivity contribution in [2.45, 2.75) is 33.3 Å². The summed E-state index contributed by atoms with van der Waals surface area (Å²) in [5, 5.41) is 2.44. The first-order valence-electron chi connectivity index (χ1n) is 4.66. The Morgan fingerprint density at radius 2 is 2.00 bits per heavy atom. The molecule has 5 heteroatoms. The molecule has 0 radical (unpaired) electrons. The van der Waals surface area contributed by atoms with E-state index in [-0.39, 0.29) is 25.0 Å². The van der Waals surface area contributed by atoms with Crippen molar-refractivity contribution in [1.82, 2.24) is 5.32 Å². The Labute approximate surface area is 83.8 Å². The molecule has 0 spiro atoms. The van der Waals surface area contributed by atoms with Crippen molar-refractivity contribution >= 4 is 12.1 Å². The fourth-order valence-electron chi connectivity index (χ4n) is 0.756. The third-order valence-corrected chi connectivity index (χ3v) is 1.25. The molecule has 14 heavy (non-hydrogen) atoms. The maximum atomic E-state index is 10.9. The van der Waals surface area contributed by atoms with E-state index in [0.29, 0.717) is 6.61 Å². The maximum Gasteiger partial charge on any atom is 0.407 e. The molecule has 5 nitrogen and oxygen atoms in total. The van der Waals surface area contributed by atoms with E-state index in [9.17, 15) is 9.59 Å². The van der Waals surface area contributed by atoms with Gasteiger partial charge in [-0.25, -0.2) is 4.79 Å². The Bertz CT molecular complexity index is 191. The summed E-state index contributed by atoms with van der Waals surface area (Å²) in [6.45, 7) is 5.84. The van der Waals surface area contributed by atoms with Crippen molar-refractivity contribution in [3.8, 4) is 0 Å². The van der Waals surface area contributed by atoms with Crippen LogP contribution < -0.4 is 5.32 Å². The van der Waals surface area contributed by atoms with Crippen LogP contribution in [-0.2, 0) is 14.3 Å². The number of carbonyl (C=O) groups excluding carboxylic acids is 2. The topological polar surface area (TPSA) is 64.6 Å². The lowest BCUT2D eigenvalue weighted by Gasteiger charge is -2.08. The standard InChI is InChI=1S/C9H17NO4/c1-4-13-8(11)5-6-10-9(12)14-7(2)3/h7H,4-6H2,1-3H3,(H,10,12). The van der Waals surface area contributed by atoms with E-state index in [4.69, 9.17) is 4.74 Å². The average Bonchev–Trinajstić information content (AvgIpc) is 2.02. The van der Waals surface area contributed by atoms with Gasteiger partial charge >= 0.3 is 12.1 Å². The van der Waals surface area contributed by atoms with Gasteiger partial charge < -0.3 is 14.8 Å². The summed E-state index contributed by atoms with van der Waals surface area (Å²) < 4.78 is 9.46. The van der Waals surface area contributed by atoms with Gasteiger partial charge in [0.2, 0.25) is 0 Å². The first kappa shape index (κ1) is 12.7. The third kappa shape index (κ3) is 7.39. The Balaban J connectivity index is 3.44. The molecular formula is C9H17NO4. The molecule has 0 heterocycles. The zero-order valence-corrected chi connectivity index (χ0v) is 8.83. The zero-order chi connectivity index (χ0) is 11.0. The average molecular weight is 203 g/mol. The molecule has 0 fully saturated rings. The van der Waals surface area contributed by atoms with Gasteiger partial charge in [-0.3, -0.25) is 4.79 Å². The van der Waals surface area contributed by atoms with Gasteiger partial charge in [-0.1, -0.05) is 0 Å². The lowest BCUT2D eigenvalue weighted by Crippen LogP contribution is -2.29. The van der Waals surface area contributed by atoms with Crippen molar-refractivity contribution in [1.29, 1.82) is 0 Å². The van der Waals surface area contributed by atoms with E-state index in [1.165, 1.54) is 0 Å². The van der Waals surface area contributed by atoms with E-state index in [1.807, 2.05) is 0 Å². The van der Waals surface area contributed by atoms with Crippen LogP contribution in [0.4, 0.5) is 4.79 Å². The summed E-state index contributed by atoms with van der Waals surface area (Å²) >= 11 is 0. The second-order valence-electron chi connectivity index (χ2n) is 2.94. The van der Waals surface area contributed by atoms with Crippen LogP contribution in [0.2, 0.25) is 0 Å². The van der Waals surface area contributed by atoms with E-state index < -0.39 is 6.09 Å². The highest BCUT2D eigenvalue weighted by molar-refractivity contribution is 5.71. The largest absolute Gasteiger partial charge is 0.466 e. The summed E-state index contributed by atoms with van der Waals surface area (Å²) in [7, 11) is 0. The molecule has 0 saturated carbocycles. The van der Waals surface area contributed by atoms with E-state index in [2.05, 4.69) is 10.1 Å². The van der Waals surface area contributed by atoms with E-state index in [0.717, 1.165) is 0 Å². The second kappa shape index (κ2) is 7.17. The van der Waals surface area contributed by atoms with Crippen LogP contribution in [0.25, 0.3) is 0 Å². The van der Waals surface area contributed by atoms with Crippen LogP contribution in [-0.4, -0.2) is 31.3 Å². The molecule has 0 bridgehead atoms. The number of rotatable bonds is 5. The Morgan fingerprint density at radius 3 is 2.50 bits per heavy atom. The minimum Gasteiger partial charge on any atom is -0.466 e. The monoisotopic (exact) mass is 203 g/mol. The fraction of sp³-hybridized carbons (Fsp3) is 0.778. The van der Waals surface area contributed by atoms with Crippen LogP contribution in [0.1, 0.15) is 27.2 Å². The number of amides is 1. The number of nitrogens with one attached hydrogen (secondary N) is 1. The molecule has 0 aliphatic heterocycles. The zero-order valence-electron chi connectivity index (χ0n) is 8.83. The third-order valence-electron chi connectivity index (χ3n) is 1.25. The quantitative estimate of drug-likeness (QED) is 0.679. The minimum atomic E-state index is -0.510. The van der Waals surface area contributed by atoms with Crippen LogP contribution in [0, 0.1) is 0 Å². The number of hydrogen-bond donors (Lipinski definition) is 1. The van der Waals surface area contributed by atoms with Gasteiger partial charge in [0.25, 0.3) is 0 Å². The predicted molar refractivity (Wildman–Crippen MR) is 50.9 cm³/mol. The molecule has 0 aromatic carbocycles. The van der Waals surface area contributed by atoms with Crippen molar-refractivity contribution < 1.29 is 19.1 Å². The Kier molecular flexibility index (Phi) is 6.53. The summed E-state index contributed by atoms with van der Waals surface area (Å²) in [5.74, 6) is -0.322. The summed E-state index contributed by atoms with van der Waals surface area (Å²) in [4.78, 5) is 21.7. The highest BCUT2D eigenvalue weighted by Gasteiger charge is 2.06. The van der Waals surface area contributed by atoms with E-state index in [1.54, 1.807) is 20.8 Å². The van der Waals surface area contributed by atoms with Crippen LogP contribution in [0.3, 0.4) is 0 Å². The first-order valence-corrected chi connectivity index (χ1v) is 4.66. The molecule has 0 aliphatic carbocycles. The maximum absolute atomic E-state index is 10.9. The molecular weight excluding hydrogens is 186 g/mol. The van der Waals surface area contributed by atoms with Gasteiger partial charge in [0.1, 0.15) is 0 Å². The lowest BCUT2D eigenvalue weighted by molar-refractivity contribution is -0.142. The van der Waals surface area contributed by atoms with Gasteiger partial charge in [0.05, 0.1) is 19.1 Å². The van der Waals surface area contributed by atoms with Crippen molar-refractivity contribution in [3.63, 3.8) is 0 Å². The molecule has 1 amide bonds. The first-order chi connectivity index (χ1) is 6.56. The van der Waals surface area contributed by atoms with Gasteiger partial charge in [0.15, 0.2) is 0 Å². The molecule has 0 saturated heterocycles. The second-order valence-corrected chi connectivity index (χ2v) is 2.94. The molecule has 82 valence electrons. The van der Waals surface area contributed by atoms with Gasteiger partial charge in [0, 0.05) is 6.54 Å². The highest BCUT2D eigenvalue weighted by atomic mass is 16.6. The van der Waals surface area contributed by atoms with Crippen molar-refractivity contribution in [3.05, 3.63) is 0 Å². The number of ether oxygens (including phenoxy) is 2. The molecule has 0 aliphatic rings. The minimum absolute atomic E-state index is 0.155. The number of alkyl carbamates (subject to hydrolysis) is 1. The normalized spacial score (nSPS) is 9.71. The van der Waals surface area contributed by atoms with Gasteiger partial charge in [-0.15, -0.1) is 0 Å². The summed E-state index contributed by atoms with van der Waals surface area (Å²) in [5.41, 5.74) is 0. The van der Waals surface area contributed by atoms with Crippen molar-refractivity contribution in [2.24, 2.45) is 0 Å². The molecule has 0 unspecified atom stereocenters. The SMILES string of the molecule is CCOC(=O)CCNC(=O)OC(C)C. The molecule has 0 aromatic heterocycles. The van der Waals surface area contributed by atoms with Crippen molar-refractivity contribution in [2.75, 3.05) is 13.2 Å². The Hall–Kier alpha value is -1.26.